The summed E-state index contributed by atoms with van der Waals surface area (Å²) in [5, 5.41) is 22.6. The number of fused-ring (bicyclic) bond motifs is 1. The molecule has 27 heavy (non-hydrogen) atoms. The first-order valence-corrected chi connectivity index (χ1v) is 8.75. The van der Waals surface area contributed by atoms with Crippen molar-refractivity contribution in [2.45, 2.75) is 0 Å². The molecule has 0 aliphatic rings. The number of nitro benzene ring substituents is 2. The lowest BCUT2D eigenvalue weighted by Crippen LogP contribution is -2.10. The maximum Gasteiger partial charge on any atom is 0.344 e. The molecule has 0 N–H and O–H groups in total. The Hall–Kier alpha value is -2.92. The lowest BCUT2D eigenvalue weighted by Gasteiger charge is -2.10. The van der Waals surface area contributed by atoms with E-state index in [1.807, 2.05) is 0 Å². The van der Waals surface area contributed by atoms with Crippen LogP contribution in [0.2, 0.25) is 0 Å². The van der Waals surface area contributed by atoms with Crippen LogP contribution in [0.15, 0.2) is 51.5 Å². The van der Waals surface area contributed by atoms with E-state index >= 15 is 0 Å². The van der Waals surface area contributed by atoms with E-state index in [1.54, 1.807) is 18.2 Å². The number of rotatable bonds is 4. The lowest BCUT2D eigenvalue weighted by molar-refractivity contribution is -0.394. The van der Waals surface area contributed by atoms with Crippen LogP contribution in [0.5, 0.6) is 5.75 Å². The summed E-state index contributed by atoms with van der Waals surface area (Å²) in [4.78, 5) is 37.0. The number of carbonyl (C=O) groups is 1. The summed E-state index contributed by atoms with van der Waals surface area (Å²) >= 11 is 6.66. The average Bonchev–Trinajstić information content (AvgIpc) is 2.64. The van der Waals surface area contributed by atoms with Gasteiger partial charge in [-0.25, -0.2) is 4.79 Å². The van der Waals surface area contributed by atoms with Crippen molar-refractivity contribution in [3.63, 3.8) is 0 Å². The summed E-state index contributed by atoms with van der Waals surface area (Å²) in [7, 11) is 0. The predicted octanol–water partition coefficient (Wildman–Crippen LogP) is 4.80. The molecule has 1 aromatic heterocycles. The van der Waals surface area contributed by atoms with Gasteiger partial charge in [0.05, 0.1) is 25.9 Å². The van der Waals surface area contributed by atoms with Gasteiger partial charge in [0.25, 0.3) is 11.4 Å². The first-order chi connectivity index (χ1) is 12.8. The fourth-order valence-corrected chi connectivity index (χ4v) is 3.67. The normalized spacial score (nSPS) is 10.6. The van der Waals surface area contributed by atoms with Crippen LogP contribution in [0.1, 0.15) is 10.4 Å². The van der Waals surface area contributed by atoms with Crippen LogP contribution in [-0.4, -0.2) is 20.8 Å². The Morgan fingerprint density at radius 1 is 1.00 bits per heavy atom. The molecular formula is C16H7Br2N3O6. The summed E-state index contributed by atoms with van der Waals surface area (Å²) < 4.78 is 6.48. The van der Waals surface area contributed by atoms with Crippen LogP contribution in [0.3, 0.4) is 0 Å². The van der Waals surface area contributed by atoms with Crippen LogP contribution in [0.4, 0.5) is 11.4 Å². The molecule has 11 heteroatoms. The second-order valence-electron chi connectivity index (χ2n) is 5.21. The lowest BCUT2D eigenvalue weighted by atomic mass is 10.1. The number of ether oxygens (including phenoxy) is 1. The molecule has 3 rings (SSSR count). The van der Waals surface area contributed by atoms with Gasteiger partial charge in [0.2, 0.25) is 0 Å². The van der Waals surface area contributed by atoms with Gasteiger partial charge in [0.1, 0.15) is 5.52 Å². The monoisotopic (exact) mass is 495 g/mol. The van der Waals surface area contributed by atoms with Crippen LogP contribution >= 0.6 is 31.9 Å². The molecule has 0 saturated heterocycles. The Morgan fingerprint density at radius 2 is 1.63 bits per heavy atom. The number of non-ortho nitro benzene ring substituents is 2. The van der Waals surface area contributed by atoms with E-state index in [0.29, 0.717) is 19.8 Å². The van der Waals surface area contributed by atoms with Crippen LogP contribution in [-0.2, 0) is 0 Å². The van der Waals surface area contributed by atoms with Gasteiger partial charge in [-0.05, 0) is 28.1 Å². The number of halogens is 2. The summed E-state index contributed by atoms with van der Waals surface area (Å²) in [6.45, 7) is 0. The number of hydrogen-bond donors (Lipinski definition) is 0. The molecule has 136 valence electrons. The molecule has 0 saturated carbocycles. The third-order valence-corrected chi connectivity index (χ3v) is 4.75. The molecule has 0 aliphatic heterocycles. The first kappa shape index (κ1) is 18.9. The minimum Gasteiger partial charge on any atom is -0.419 e. The smallest absolute Gasteiger partial charge is 0.344 e. The summed E-state index contributed by atoms with van der Waals surface area (Å²) in [6, 6.07) is 7.71. The molecule has 2 aromatic carbocycles. The molecule has 0 unspecified atom stereocenters. The van der Waals surface area contributed by atoms with Crippen molar-refractivity contribution in [3.8, 4) is 5.75 Å². The number of nitrogens with zero attached hydrogens (tertiary/aromatic N) is 3. The van der Waals surface area contributed by atoms with Gasteiger partial charge >= 0.3 is 5.97 Å². The highest BCUT2D eigenvalue weighted by Crippen LogP contribution is 2.38. The van der Waals surface area contributed by atoms with Gasteiger partial charge in [0.15, 0.2) is 5.75 Å². The Bertz CT molecular complexity index is 1090. The highest BCUT2D eigenvalue weighted by atomic mass is 79.9. The maximum absolute atomic E-state index is 12.5. The van der Waals surface area contributed by atoms with Crippen molar-refractivity contribution in [2.75, 3.05) is 0 Å². The van der Waals surface area contributed by atoms with Gasteiger partial charge < -0.3 is 4.74 Å². The van der Waals surface area contributed by atoms with Crippen LogP contribution < -0.4 is 4.74 Å². The molecule has 1 heterocycles. The fourth-order valence-electron chi connectivity index (χ4n) is 2.32. The molecule has 0 aliphatic carbocycles. The second-order valence-corrected chi connectivity index (χ2v) is 6.92. The SMILES string of the molecule is O=C(Oc1c(Br)cc(Br)c2cccnc12)c1cc([N+](=O)[O-])cc([N+](=O)[O-])c1. The third kappa shape index (κ3) is 3.78. The molecule has 9 nitrogen and oxygen atoms in total. The standard InChI is InChI=1S/C16H7Br2N3O6/c17-12-7-13(18)15(14-11(12)2-1-3-19-14)27-16(22)8-4-9(20(23)24)6-10(5-8)21(25)26/h1-7H. The predicted molar refractivity (Wildman–Crippen MR) is 102 cm³/mol. The van der Waals surface area contributed by atoms with Gasteiger partial charge in [-0.1, -0.05) is 22.0 Å². The van der Waals surface area contributed by atoms with Crippen molar-refractivity contribution in [2.24, 2.45) is 0 Å². The van der Waals surface area contributed by atoms with Crippen molar-refractivity contribution >= 4 is 60.1 Å². The minimum atomic E-state index is -0.989. The Kier molecular flexibility index (Phi) is 5.15. The topological polar surface area (TPSA) is 125 Å². The second kappa shape index (κ2) is 7.37. The van der Waals surface area contributed by atoms with Crippen molar-refractivity contribution < 1.29 is 19.4 Å². The zero-order valence-corrected chi connectivity index (χ0v) is 16.3. The summed E-state index contributed by atoms with van der Waals surface area (Å²) in [6.07, 6.45) is 1.51. The van der Waals surface area contributed by atoms with Crippen molar-refractivity contribution in [1.29, 1.82) is 0 Å². The van der Waals surface area contributed by atoms with Crippen LogP contribution in [0, 0.1) is 20.2 Å². The number of carbonyl (C=O) groups excluding carboxylic acids is 1. The fraction of sp³-hybridized carbons (Fsp3) is 0. The van der Waals surface area contributed by atoms with E-state index < -0.39 is 27.2 Å². The van der Waals surface area contributed by atoms with Gasteiger partial charge in [0, 0.05) is 28.2 Å². The Morgan fingerprint density at radius 3 is 2.22 bits per heavy atom. The number of esters is 1. The average molecular weight is 497 g/mol. The van der Waals surface area contributed by atoms with E-state index in [-0.39, 0.29) is 11.3 Å². The minimum absolute atomic E-state index is 0.0907. The number of pyridine rings is 1. The highest BCUT2D eigenvalue weighted by Gasteiger charge is 2.23. The molecule has 0 fully saturated rings. The van der Waals surface area contributed by atoms with E-state index in [2.05, 4.69) is 36.8 Å². The first-order valence-electron chi connectivity index (χ1n) is 7.16. The van der Waals surface area contributed by atoms with E-state index in [0.717, 1.165) is 18.2 Å². The molecule has 0 radical (unpaired) electrons. The Balaban J connectivity index is 2.08. The van der Waals surface area contributed by atoms with E-state index in [1.165, 1.54) is 6.20 Å². The molecular weight excluding hydrogens is 490 g/mol. The molecule has 0 atom stereocenters. The largest absolute Gasteiger partial charge is 0.419 e. The summed E-state index contributed by atoms with van der Waals surface area (Å²) in [5.74, 6) is -0.898. The zero-order valence-electron chi connectivity index (χ0n) is 13.1. The highest BCUT2D eigenvalue weighted by molar-refractivity contribution is 9.11. The molecule has 0 bridgehead atoms. The van der Waals surface area contributed by atoms with E-state index in [4.69, 9.17) is 4.74 Å². The molecule has 3 aromatic rings. The number of aromatic nitrogens is 1. The number of hydrogen-bond acceptors (Lipinski definition) is 7. The maximum atomic E-state index is 12.5. The van der Waals surface area contributed by atoms with Crippen LogP contribution in [0.25, 0.3) is 10.9 Å². The van der Waals surface area contributed by atoms with Crippen molar-refractivity contribution in [3.05, 3.63) is 77.3 Å². The van der Waals surface area contributed by atoms with Gasteiger partial charge in [-0.15, -0.1) is 0 Å². The third-order valence-electron chi connectivity index (χ3n) is 3.51. The Labute approximate surface area is 167 Å². The zero-order chi connectivity index (χ0) is 19.7. The van der Waals surface area contributed by atoms with Gasteiger partial charge in [-0.3, -0.25) is 25.2 Å². The molecule has 0 amide bonds. The number of nitro groups is 2. The quantitative estimate of drug-likeness (QED) is 0.220. The molecule has 0 spiro atoms. The van der Waals surface area contributed by atoms with E-state index in [9.17, 15) is 25.0 Å². The summed E-state index contributed by atoms with van der Waals surface area (Å²) in [5.41, 5.74) is -1.13. The van der Waals surface area contributed by atoms with Gasteiger partial charge in [-0.2, -0.15) is 0 Å². The van der Waals surface area contributed by atoms with Crippen molar-refractivity contribution in [1.82, 2.24) is 4.98 Å². The number of benzene rings is 2.